The molecular formula is C23H16F3IN2O2S. The van der Waals surface area contributed by atoms with Crippen LogP contribution >= 0.6 is 22.6 Å². The summed E-state index contributed by atoms with van der Waals surface area (Å²) < 4.78 is 66.5. The maximum atomic E-state index is 13.6. The van der Waals surface area contributed by atoms with E-state index >= 15 is 0 Å². The molecule has 0 spiro atoms. The normalized spacial score (nSPS) is 12.2. The highest BCUT2D eigenvalue weighted by Gasteiger charge is 2.34. The van der Waals surface area contributed by atoms with Crippen LogP contribution in [-0.4, -0.2) is 24.2 Å². The fourth-order valence-corrected chi connectivity index (χ4v) is 4.56. The quantitative estimate of drug-likeness (QED) is 0.274. The highest BCUT2D eigenvalue weighted by Crippen LogP contribution is 2.37. The van der Waals surface area contributed by atoms with Gasteiger partial charge in [-0.1, -0.05) is 42.5 Å². The first kappa shape index (κ1) is 22.5. The minimum absolute atomic E-state index is 0.00662. The van der Waals surface area contributed by atoms with Gasteiger partial charge in [0.2, 0.25) is 0 Å². The molecule has 1 heterocycles. The van der Waals surface area contributed by atoms with E-state index in [2.05, 4.69) is 4.98 Å². The molecule has 0 saturated heterocycles. The molecule has 0 fully saturated rings. The van der Waals surface area contributed by atoms with Gasteiger partial charge in [0, 0.05) is 23.7 Å². The van der Waals surface area contributed by atoms with Crippen LogP contribution in [0.25, 0.3) is 28.2 Å². The smallest absolute Gasteiger partial charge is 0.299 e. The Labute approximate surface area is 196 Å². The molecule has 0 saturated carbocycles. The van der Waals surface area contributed by atoms with E-state index in [0.717, 1.165) is 23.4 Å². The summed E-state index contributed by atoms with van der Waals surface area (Å²) in [4.78, 5) is 4.55. The molecular weight excluding hydrogens is 552 g/mol. The van der Waals surface area contributed by atoms with Gasteiger partial charge in [0.1, 0.15) is 9.53 Å². The minimum Gasteiger partial charge on any atom is -0.299 e. The average Bonchev–Trinajstić information content (AvgIpc) is 3.14. The molecule has 3 aromatic carbocycles. The van der Waals surface area contributed by atoms with Gasteiger partial charge in [0.15, 0.2) is 9.84 Å². The third-order valence-electron chi connectivity index (χ3n) is 4.89. The molecule has 0 radical (unpaired) electrons. The lowest BCUT2D eigenvalue weighted by atomic mass is 10.0. The van der Waals surface area contributed by atoms with E-state index in [-0.39, 0.29) is 16.3 Å². The van der Waals surface area contributed by atoms with E-state index in [1.165, 1.54) is 18.2 Å². The van der Waals surface area contributed by atoms with Gasteiger partial charge in [-0.25, -0.2) is 13.4 Å². The summed E-state index contributed by atoms with van der Waals surface area (Å²) in [6, 6.07) is 19.1. The second-order valence-corrected chi connectivity index (χ2v) is 10.3. The zero-order valence-corrected chi connectivity index (χ0v) is 19.6. The van der Waals surface area contributed by atoms with Crippen molar-refractivity contribution in [2.24, 2.45) is 0 Å². The van der Waals surface area contributed by atoms with Crippen LogP contribution in [-0.2, 0) is 16.0 Å². The van der Waals surface area contributed by atoms with Gasteiger partial charge < -0.3 is 0 Å². The van der Waals surface area contributed by atoms with Crippen molar-refractivity contribution in [1.29, 1.82) is 0 Å². The second kappa shape index (κ2) is 8.36. The maximum Gasteiger partial charge on any atom is 0.417 e. The van der Waals surface area contributed by atoms with E-state index in [1.54, 1.807) is 59.3 Å². The Morgan fingerprint density at radius 1 is 0.906 bits per heavy atom. The number of hydrogen-bond acceptors (Lipinski definition) is 3. The Kier molecular flexibility index (Phi) is 5.89. The Hall–Kier alpha value is -2.66. The van der Waals surface area contributed by atoms with E-state index in [1.807, 2.05) is 22.6 Å². The third-order valence-corrected chi connectivity index (χ3v) is 6.52. The third kappa shape index (κ3) is 4.58. The highest BCUT2D eigenvalue weighted by molar-refractivity contribution is 14.1. The molecule has 0 unspecified atom stereocenters. The van der Waals surface area contributed by atoms with Crippen LogP contribution in [0.2, 0.25) is 0 Å². The summed E-state index contributed by atoms with van der Waals surface area (Å²) in [5.41, 5.74) is 1.38. The van der Waals surface area contributed by atoms with E-state index < -0.39 is 21.6 Å². The molecule has 9 heteroatoms. The highest BCUT2D eigenvalue weighted by atomic mass is 127. The van der Waals surface area contributed by atoms with Crippen LogP contribution in [0.5, 0.6) is 0 Å². The van der Waals surface area contributed by atoms with Crippen LogP contribution < -0.4 is 0 Å². The lowest BCUT2D eigenvalue weighted by molar-refractivity contribution is -0.137. The van der Waals surface area contributed by atoms with Crippen molar-refractivity contribution in [1.82, 2.24) is 9.55 Å². The van der Waals surface area contributed by atoms with Gasteiger partial charge in [-0.15, -0.1) is 0 Å². The molecule has 164 valence electrons. The molecule has 1 aromatic heterocycles. The molecule has 0 N–H and O–H groups in total. The second-order valence-electron chi connectivity index (χ2n) is 7.15. The number of nitrogens with zero attached hydrogens (tertiary/aromatic N) is 2. The maximum absolute atomic E-state index is 13.6. The summed E-state index contributed by atoms with van der Waals surface area (Å²) in [5.74, 6) is 0.189. The van der Waals surface area contributed by atoms with Crippen molar-refractivity contribution in [2.75, 3.05) is 6.26 Å². The number of alkyl halides is 3. The Balaban J connectivity index is 1.77. The standard InChI is InChI=1S/C23H16F3IN2O2S/c1-32(30,31)18-6-4-5-16(13-18)15-9-11-17(12-10-15)29-14-21(27)28-22(29)19-7-2-3-8-20(19)23(24,25)26/h2-14H,1H3. The van der Waals surface area contributed by atoms with Gasteiger partial charge in [-0.05, 0) is 64.0 Å². The average molecular weight is 568 g/mol. The first-order valence-corrected chi connectivity index (χ1v) is 12.3. The lowest BCUT2D eigenvalue weighted by Crippen LogP contribution is -2.08. The number of benzene rings is 3. The minimum atomic E-state index is -4.51. The predicted octanol–water partition coefficient (Wildman–Crippen LogP) is 6.23. The van der Waals surface area contributed by atoms with Crippen molar-refractivity contribution in [2.45, 2.75) is 11.1 Å². The molecule has 4 nitrogen and oxygen atoms in total. The molecule has 0 bridgehead atoms. The number of hydrogen-bond donors (Lipinski definition) is 0. The van der Waals surface area contributed by atoms with Gasteiger partial charge >= 0.3 is 6.18 Å². The molecule has 0 aliphatic carbocycles. The van der Waals surface area contributed by atoms with Crippen LogP contribution in [0.3, 0.4) is 0 Å². The largest absolute Gasteiger partial charge is 0.417 e. The van der Waals surface area contributed by atoms with E-state index in [0.29, 0.717) is 9.39 Å². The van der Waals surface area contributed by atoms with Crippen LogP contribution in [0.1, 0.15) is 5.56 Å². The van der Waals surface area contributed by atoms with Gasteiger partial charge in [0.05, 0.1) is 10.5 Å². The van der Waals surface area contributed by atoms with Crippen molar-refractivity contribution < 1.29 is 21.6 Å². The van der Waals surface area contributed by atoms with Crippen LogP contribution in [0.4, 0.5) is 13.2 Å². The Morgan fingerprint density at radius 3 is 2.25 bits per heavy atom. The number of aromatic nitrogens is 2. The van der Waals surface area contributed by atoms with E-state index in [4.69, 9.17) is 0 Å². The molecule has 0 aliphatic heterocycles. The predicted molar refractivity (Wildman–Crippen MR) is 125 cm³/mol. The fourth-order valence-electron chi connectivity index (χ4n) is 3.38. The summed E-state index contributed by atoms with van der Waals surface area (Å²) in [6.07, 6.45) is -1.69. The first-order chi connectivity index (χ1) is 15.0. The van der Waals surface area contributed by atoms with Gasteiger partial charge in [0.25, 0.3) is 0 Å². The molecule has 0 amide bonds. The zero-order valence-electron chi connectivity index (χ0n) is 16.6. The lowest BCUT2D eigenvalue weighted by Gasteiger charge is -2.14. The summed E-state index contributed by atoms with van der Waals surface area (Å²) >= 11 is 1.97. The number of rotatable bonds is 4. The number of halogens is 4. The van der Waals surface area contributed by atoms with Gasteiger partial charge in [-0.3, -0.25) is 4.57 Å². The molecule has 0 aliphatic rings. The van der Waals surface area contributed by atoms with Gasteiger partial charge in [-0.2, -0.15) is 13.2 Å². The number of sulfone groups is 1. The topological polar surface area (TPSA) is 52.0 Å². The molecule has 32 heavy (non-hydrogen) atoms. The van der Waals surface area contributed by atoms with Crippen molar-refractivity contribution >= 4 is 32.4 Å². The van der Waals surface area contributed by atoms with Crippen molar-refractivity contribution in [3.8, 4) is 28.2 Å². The van der Waals surface area contributed by atoms with Crippen LogP contribution in [0, 0.1) is 3.70 Å². The zero-order chi connectivity index (χ0) is 23.1. The monoisotopic (exact) mass is 568 g/mol. The SMILES string of the molecule is CS(=O)(=O)c1cccc(-c2ccc(-n3cc(I)nc3-c3ccccc3C(F)(F)F)cc2)c1. The Morgan fingerprint density at radius 2 is 1.59 bits per heavy atom. The molecule has 4 rings (SSSR count). The molecule has 4 aromatic rings. The summed E-state index contributed by atoms with van der Waals surface area (Å²) in [5, 5.41) is 0. The van der Waals surface area contributed by atoms with E-state index in [9.17, 15) is 21.6 Å². The van der Waals surface area contributed by atoms with Crippen molar-refractivity contribution in [3.05, 3.63) is 88.3 Å². The number of imidazole rings is 1. The van der Waals surface area contributed by atoms with Crippen LogP contribution in [0.15, 0.2) is 83.9 Å². The molecule has 0 atom stereocenters. The van der Waals surface area contributed by atoms with Crippen molar-refractivity contribution in [3.63, 3.8) is 0 Å². The Bertz CT molecular complexity index is 1400. The summed E-state index contributed by atoms with van der Waals surface area (Å²) in [6.45, 7) is 0. The summed E-state index contributed by atoms with van der Waals surface area (Å²) in [7, 11) is -3.34. The first-order valence-electron chi connectivity index (χ1n) is 9.36. The fraction of sp³-hybridized carbons (Fsp3) is 0.0870.